The Kier molecular flexibility index (Phi) is 9.64. The number of piperidine rings is 1. The monoisotopic (exact) mass is 654 g/mol. The van der Waals surface area contributed by atoms with E-state index in [2.05, 4.69) is 21.1 Å². The molecule has 1 aromatic carbocycles. The Morgan fingerprint density at radius 3 is 2.40 bits per heavy atom. The number of rotatable bonds is 11. The third-order valence-electron chi connectivity index (χ3n) is 9.03. The predicted octanol–water partition coefficient (Wildman–Crippen LogP) is 4.20. The van der Waals surface area contributed by atoms with E-state index in [4.69, 9.17) is 19.1 Å². The molecular formula is C34H50N6O7. The number of nitrogens with zero attached hydrogens (tertiary/aromatic N) is 3. The van der Waals surface area contributed by atoms with Crippen LogP contribution in [0.3, 0.4) is 0 Å². The van der Waals surface area contributed by atoms with Crippen molar-refractivity contribution in [1.29, 1.82) is 0 Å². The van der Waals surface area contributed by atoms with Gasteiger partial charge in [-0.2, -0.15) is 5.06 Å². The number of alkyl carbamates (subject to hydrolysis) is 1. The van der Waals surface area contributed by atoms with Gasteiger partial charge in [0.25, 0.3) is 0 Å². The number of fused-ring (bicyclic) bond motifs is 3. The lowest BCUT2D eigenvalue weighted by Gasteiger charge is -2.46. The molecule has 13 nitrogen and oxygen atoms in total. The predicted molar refractivity (Wildman–Crippen MR) is 175 cm³/mol. The first-order valence-corrected chi connectivity index (χ1v) is 16.4. The molecule has 0 aromatic heterocycles. The normalized spacial score (nSPS) is 25.7. The number of amides is 3. The Bertz CT molecular complexity index is 1400. The van der Waals surface area contributed by atoms with Crippen molar-refractivity contribution in [1.82, 2.24) is 25.9 Å². The molecule has 258 valence electrons. The van der Waals surface area contributed by atoms with Gasteiger partial charge in [-0.25, -0.2) is 14.4 Å². The summed E-state index contributed by atoms with van der Waals surface area (Å²) in [6.45, 7) is 13.5. The third-order valence-corrected chi connectivity index (χ3v) is 9.03. The van der Waals surface area contributed by atoms with Crippen molar-refractivity contribution in [2.24, 2.45) is 10.6 Å². The van der Waals surface area contributed by atoms with Crippen molar-refractivity contribution >= 4 is 23.8 Å². The van der Waals surface area contributed by atoms with Crippen LogP contribution in [-0.4, -0.2) is 89.1 Å². The summed E-state index contributed by atoms with van der Waals surface area (Å²) >= 11 is 0. The van der Waals surface area contributed by atoms with Crippen molar-refractivity contribution < 1.29 is 33.5 Å². The van der Waals surface area contributed by atoms with E-state index in [1.54, 1.807) is 53.5 Å². The molecule has 1 aliphatic carbocycles. The fourth-order valence-corrected chi connectivity index (χ4v) is 6.68. The van der Waals surface area contributed by atoms with E-state index < -0.39 is 35.1 Å². The summed E-state index contributed by atoms with van der Waals surface area (Å²) in [5, 5.41) is 15.6. The van der Waals surface area contributed by atoms with E-state index in [-0.39, 0.29) is 23.6 Å². The van der Waals surface area contributed by atoms with Crippen LogP contribution in [0.25, 0.3) is 0 Å². The summed E-state index contributed by atoms with van der Waals surface area (Å²) in [4.78, 5) is 53.1. The summed E-state index contributed by atoms with van der Waals surface area (Å²) in [6.07, 6.45) is 2.86. The van der Waals surface area contributed by atoms with Gasteiger partial charge in [0.15, 0.2) is 0 Å². The fraction of sp³-hybridized carbons (Fsp3) is 0.647. The van der Waals surface area contributed by atoms with Gasteiger partial charge >= 0.3 is 18.1 Å². The first-order valence-electron chi connectivity index (χ1n) is 16.4. The van der Waals surface area contributed by atoms with Crippen LogP contribution in [0.5, 0.6) is 0 Å². The average molecular weight is 655 g/mol. The number of ether oxygens (including phenoxy) is 2. The highest BCUT2D eigenvalue weighted by Gasteiger charge is 2.72. The lowest BCUT2D eigenvalue weighted by molar-refractivity contribution is -0.203. The SMILES string of the molecule is CN[C@@]12CN(C(=O)N1OCc1ccccc1)[C@H](C1=NOC(CNC(NC(=O)OC(C)(C)C)/C(C)=C\C(=O)OC(C)(C)C)C1)CC21CC1. The maximum atomic E-state index is 13.9. The van der Waals surface area contributed by atoms with Crippen molar-refractivity contribution in [3.63, 3.8) is 0 Å². The zero-order chi connectivity index (χ0) is 34.2. The molecule has 2 unspecified atom stereocenters. The Hall–Kier alpha value is -3.68. The Balaban J connectivity index is 1.24. The molecule has 1 aromatic rings. The van der Waals surface area contributed by atoms with E-state index in [0.717, 1.165) is 30.5 Å². The fourth-order valence-electron chi connectivity index (χ4n) is 6.68. The number of esters is 1. The molecule has 13 heteroatoms. The van der Waals surface area contributed by atoms with Crippen molar-refractivity contribution in [2.75, 3.05) is 20.1 Å². The molecule has 2 bridgehead atoms. The highest BCUT2D eigenvalue weighted by molar-refractivity contribution is 5.95. The Morgan fingerprint density at radius 2 is 1.79 bits per heavy atom. The van der Waals surface area contributed by atoms with Crippen molar-refractivity contribution in [3.8, 4) is 0 Å². The van der Waals surface area contributed by atoms with Gasteiger partial charge in [0.1, 0.15) is 35.7 Å². The van der Waals surface area contributed by atoms with Crippen LogP contribution in [0.4, 0.5) is 9.59 Å². The molecule has 1 spiro atoms. The van der Waals surface area contributed by atoms with Gasteiger partial charge in [-0.3, -0.25) is 15.5 Å². The number of oxime groups is 1. The molecule has 0 radical (unpaired) electrons. The number of hydrogen-bond acceptors (Lipinski definition) is 10. The number of hydrogen-bond donors (Lipinski definition) is 3. The molecule has 1 saturated carbocycles. The minimum absolute atomic E-state index is 0.128. The first kappa shape index (κ1) is 34.6. The van der Waals surface area contributed by atoms with Crippen LogP contribution >= 0.6 is 0 Å². The summed E-state index contributed by atoms with van der Waals surface area (Å²) in [5.41, 5.74) is 0.230. The maximum absolute atomic E-state index is 13.9. The van der Waals surface area contributed by atoms with E-state index in [1.807, 2.05) is 42.3 Å². The zero-order valence-electron chi connectivity index (χ0n) is 28.8. The van der Waals surface area contributed by atoms with Gasteiger partial charge in [-0.1, -0.05) is 35.5 Å². The smallest absolute Gasteiger partial charge is 0.409 e. The van der Waals surface area contributed by atoms with Crippen LogP contribution in [0.1, 0.15) is 79.7 Å². The molecule has 2 saturated heterocycles. The lowest BCUT2D eigenvalue weighted by Crippen LogP contribution is -2.65. The van der Waals surface area contributed by atoms with Crippen LogP contribution in [0.2, 0.25) is 0 Å². The molecule has 3 heterocycles. The number of carbonyl (C=O) groups excluding carboxylic acids is 3. The average Bonchev–Trinajstić information content (AvgIpc) is 3.50. The van der Waals surface area contributed by atoms with Gasteiger partial charge < -0.3 is 24.5 Å². The highest BCUT2D eigenvalue weighted by atomic mass is 16.7. The first-order chi connectivity index (χ1) is 22.0. The minimum atomic E-state index is -0.735. The van der Waals surface area contributed by atoms with Gasteiger partial charge in [0.2, 0.25) is 0 Å². The lowest BCUT2D eigenvalue weighted by atomic mass is 9.78. The van der Waals surface area contributed by atoms with Crippen LogP contribution in [0, 0.1) is 5.41 Å². The van der Waals surface area contributed by atoms with E-state index in [0.29, 0.717) is 31.7 Å². The number of hydroxylamine groups is 2. The molecule has 3 fully saturated rings. The second kappa shape index (κ2) is 13.1. The topological polar surface area (TPSA) is 143 Å². The number of urea groups is 1. The molecule has 47 heavy (non-hydrogen) atoms. The van der Waals surface area contributed by atoms with Crippen LogP contribution < -0.4 is 16.0 Å². The minimum Gasteiger partial charge on any atom is -0.457 e. The number of nitrogens with one attached hydrogen (secondary N) is 3. The molecule has 3 amide bonds. The quantitative estimate of drug-likeness (QED) is 0.182. The van der Waals surface area contributed by atoms with Gasteiger partial charge in [0, 0.05) is 24.5 Å². The Labute approximate surface area is 277 Å². The standard InChI is InChI=1S/C34H50N6O7/c1-22(16-27(41)45-31(2,3)4)28(37-29(42)46-32(5,6)7)36-19-24-17-25(38-47-24)26-18-33(14-15-33)34(35-8)21-39(26)30(43)40(34)44-20-23-12-10-9-11-13-23/h9-13,16,24,26,28,35-36H,14-15,17-21H2,1-8H3,(H,37,42)/b22-16-/t24?,26-,28?,34-/m0/s1. The third kappa shape index (κ3) is 7.73. The largest absolute Gasteiger partial charge is 0.457 e. The van der Waals surface area contributed by atoms with E-state index in [1.165, 1.54) is 6.08 Å². The molecule has 3 aliphatic heterocycles. The molecule has 3 N–H and O–H groups in total. The second-order valence-corrected chi connectivity index (χ2v) is 15.0. The number of likely N-dealkylation sites (N-methyl/N-ethyl adjacent to an activating group) is 1. The summed E-state index contributed by atoms with van der Waals surface area (Å²) in [6, 6.07) is 9.43. The van der Waals surface area contributed by atoms with E-state index in [9.17, 15) is 14.4 Å². The number of benzene rings is 1. The van der Waals surface area contributed by atoms with Crippen molar-refractivity contribution in [3.05, 3.63) is 47.5 Å². The van der Waals surface area contributed by atoms with Gasteiger partial charge in [-0.05, 0) is 85.9 Å². The molecular weight excluding hydrogens is 604 g/mol. The highest BCUT2D eigenvalue weighted by Crippen LogP contribution is 2.63. The second-order valence-electron chi connectivity index (χ2n) is 15.0. The van der Waals surface area contributed by atoms with Gasteiger partial charge in [0.05, 0.1) is 18.3 Å². The van der Waals surface area contributed by atoms with Crippen LogP contribution in [-0.2, 0) is 30.6 Å². The molecule has 4 aliphatic rings. The Morgan fingerprint density at radius 1 is 1.11 bits per heavy atom. The maximum Gasteiger partial charge on any atom is 0.409 e. The van der Waals surface area contributed by atoms with Crippen LogP contribution in [0.15, 0.2) is 47.1 Å². The number of carbonyl (C=O) groups is 3. The molecule has 4 atom stereocenters. The molecule has 5 rings (SSSR count). The summed E-state index contributed by atoms with van der Waals surface area (Å²) in [7, 11) is 1.90. The zero-order valence-corrected chi connectivity index (χ0v) is 28.8. The summed E-state index contributed by atoms with van der Waals surface area (Å²) < 4.78 is 10.9. The van der Waals surface area contributed by atoms with Gasteiger partial charge in [-0.15, -0.1) is 0 Å². The summed E-state index contributed by atoms with van der Waals surface area (Å²) in [5.74, 6) is -0.517. The van der Waals surface area contributed by atoms with E-state index >= 15 is 0 Å². The van der Waals surface area contributed by atoms with Crippen molar-refractivity contribution in [2.45, 2.75) is 116 Å².